The summed E-state index contributed by atoms with van der Waals surface area (Å²) in [5, 5.41) is 3.85. The number of halogens is 1. The summed E-state index contributed by atoms with van der Waals surface area (Å²) in [6, 6.07) is 5.90. The summed E-state index contributed by atoms with van der Waals surface area (Å²) in [6.07, 6.45) is 0. The zero-order valence-electron chi connectivity index (χ0n) is 11.0. The predicted molar refractivity (Wildman–Crippen MR) is 75.7 cm³/mol. The fourth-order valence-electron chi connectivity index (χ4n) is 1.78. The zero-order valence-corrected chi connectivity index (χ0v) is 11.8. The molecular weight excluding hydrogens is 246 g/mol. The molecule has 18 heavy (non-hydrogen) atoms. The molecule has 1 aromatic carbocycles. The highest BCUT2D eigenvalue weighted by molar-refractivity contribution is 6.33. The maximum Gasteiger partial charge on any atom is 0.227 e. The molecule has 0 spiro atoms. The van der Waals surface area contributed by atoms with Crippen LogP contribution in [0, 0.1) is 27.7 Å². The molecule has 0 atom stereocenters. The smallest absolute Gasteiger partial charge is 0.227 e. The molecule has 0 unspecified atom stereocenters. The van der Waals surface area contributed by atoms with Crippen molar-refractivity contribution in [1.82, 2.24) is 9.97 Å². The van der Waals surface area contributed by atoms with Crippen molar-refractivity contribution in [3.63, 3.8) is 0 Å². The molecule has 3 nitrogen and oxygen atoms in total. The number of nitrogens with zero attached hydrogens (tertiary/aromatic N) is 2. The van der Waals surface area contributed by atoms with E-state index in [1.165, 1.54) is 11.1 Å². The maximum absolute atomic E-state index is 6.21. The summed E-state index contributed by atoms with van der Waals surface area (Å²) in [5.74, 6) is 0.581. The Kier molecular flexibility index (Phi) is 3.53. The minimum atomic E-state index is 0.581. The van der Waals surface area contributed by atoms with Crippen LogP contribution in [0.15, 0.2) is 18.2 Å². The van der Waals surface area contributed by atoms with Gasteiger partial charge in [0.1, 0.15) is 0 Å². The number of aryl methyl sites for hydroxylation is 4. The van der Waals surface area contributed by atoms with E-state index in [-0.39, 0.29) is 0 Å². The van der Waals surface area contributed by atoms with Gasteiger partial charge in [-0.1, -0.05) is 11.6 Å². The average molecular weight is 262 g/mol. The minimum Gasteiger partial charge on any atom is -0.323 e. The van der Waals surface area contributed by atoms with Gasteiger partial charge in [-0.25, -0.2) is 9.97 Å². The van der Waals surface area contributed by atoms with Crippen LogP contribution in [-0.4, -0.2) is 9.97 Å². The molecular formula is C14H16ClN3. The highest BCUT2D eigenvalue weighted by atomic mass is 35.5. The number of benzene rings is 1. The number of nitrogens with one attached hydrogen (secondary N) is 1. The number of rotatable bonds is 2. The Morgan fingerprint density at radius 3 is 2.06 bits per heavy atom. The monoisotopic (exact) mass is 261 g/mol. The van der Waals surface area contributed by atoms with Gasteiger partial charge in [-0.3, -0.25) is 0 Å². The van der Waals surface area contributed by atoms with E-state index in [0.29, 0.717) is 11.0 Å². The largest absolute Gasteiger partial charge is 0.323 e. The first kappa shape index (κ1) is 12.8. The lowest BCUT2D eigenvalue weighted by Crippen LogP contribution is -2.01. The molecule has 4 heteroatoms. The van der Waals surface area contributed by atoms with E-state index < -0.39 is 0 Å². The molecule has 2 aromatic rings. The van der Waals surface area contributed by atoms with Crippen LogP contribution >= 0.6 is 11.6 Å². The Balaban J connectivity index is 2.36. The van der Waals surface area contributed by atoms with Crippen molar-refractivity contribution in [1.29, 1.82) is 0 Å². The topological polar surface area (TPSA) is 37.8 Å². The van der Waals surface area contributed by atoms with Gasteiger partial charge in [0.25, 0.3) is 0 Å². The van der Waals surface area contributed by atoms with E-state index >= 15 is 0 Å². The summed E-state index contributed by atoms with van der Waals surface area (Å²) in [5.41, 5.74) is 5.07. The molecule has 1 heterocycles. The molecule has 1 aromatic heterocycles. The van der Waals surface area contributed by atoms with E-state index in [9.17, 15) is 0 Å². The Bertz CT molecular complexity index is 574. The van der Waals surface area contributed by atoms with Gasteiger partial charge >= 0.3 is 0 Å². The second-order valence-electron chi connectivity index (χ2n) is 4.52. The summed E-state index contributed by atoms with van der Waals surface area (Å²) < 4.78 is 0. The predicted octanol–water partition coefficient (Wildman–Crippen LogP) is 4.11. The van der Waals surface area contributed by atoms with Crippen molar-refractivity contribution in [2.45, 2.75) is 27.7 Å². The lowest BCUT2D eigenvalue weighted by molar-refractivity contribution is 1.06. The van der Waals surface area contributed by atoms with Crippen molar-refractivity contribution >= 4 is 23.2 Å². The number of hydrogen-bond donors (Lipinski definition) is 1. The Morgan fingerprint density at radius 1 is 0.889 bits per heavy atom. The van der Waals surface area contributed by atoms with E-state index in [1.54, 1.807) is 0 Å². The first-order valence-electron chi connectivity index (χ1n) is 5.82. The first-order valence-corrected chi connectivity index (χ1v) is 6.19. The fourth-order valence-corrected chi connectivity index (χ4v) is 2.04. The van der Waals surface area contributed by atoms with Crippen LogP contribution in [0.2, 0.25) is 5.02 Å². The van der Waals surface area contributed by atoms with E-state index in [4.69, 9.17) is 11.6 Å². The van der Waals surface area contributed by atoms with Crippen LogP contribution in [0.1, 0.15) is 22.5 Å². The molecule has 0 saturated carbocycles. The van der Waals surface area contributed by atoms with Crippen molar-refractivity contribution < 1.29 is 0 Å². The van der Waals surface area contributed by atoms with E-state index in [0.717, 1.165) is 17.1 Å². The van der Waals surface area contributed by atoms with Crippen LogP contribution < -0.4 is 5.32 Å². The SMILES string of the molecule is Cc1cc(C)nc(Nc2cc(C)c(C)cc2Cl)n1. The van der Waals surface area contributed by atoms with Crippen molar-refractivity contribution in [2.75, 3.05) is 5.32 Å². The van der Waals surface area contributed by atoms with Crippen LogP contribution in [0.3, 0.4) is 0 Å². The van der Waals surface area contributed by atoms with Gasteiger partial charge in [-0.2, -0.15) is 0 Å². The quantitative estimate of drug-likeness (QED) is 0.884. The lowest BCUT2D eigenvalue weighted by atomic mass is 10.1. The molecule has 0 bridgehead atoms. The average Bonchev–Trinajstić information content (AvgIpc) is 2.24. The summed E-state index contributed by atoms with van der Waals surface area (Å²) in [6.45, 7) is 7.99. The van der Waals surface area contributed by atoms with E-state index in [2.05, 4.69) is 22.2 Å². The Morgan fingerprint density at radius 2 is 1.44 bits per heavy atom. The van der Waals surface area contributed by atoms with Gasteiger partial charge in [0, 0.05) is 11.4 Å². The molecule has 0 aliphatic carbocycles. The molecule has 0 fully saturated rings. The highest BCUT2D eigenvalue weighted by Gasteiger charge is 2.06. The van der Waals surface area contributed by atoms with Crippen LogP contribution in [0.5, 0.6) is 0 Å². The molecule has 0 aliphatic heterocycles. The van der Waals surface area contributed by atoms with Gasteiger partial charge in [-0.05, 0) is 57.0 Å². The molecule has 0 aliphatic rings. The Hall–Kier alpha value is -1.61. The minimum absolute atomic E-state index is 0.581. The molecule has 94 valence electrons. The highest BCUT2D eigenvalue weighted by Crippen LogP contribution is 2.27. The summed E-state index contributed by atoms with van der Waals surface area (Å²) in [7, 11) is 0. The van der Waals surface area contributed by atoms with Crippen LogP contribution in [0.25, 0.3) is 0 Å². The number of aromatic nitrogens is 2. The molecule has 0 saturated heterocycles. The van der Waals surface area contributed by atoms with E-state index in [1.807, 2.05) is 39.0 Å². The normalized spacial score (nSPS) is 10.5. The molecule has 1 N–H and O–H groups in total. The standard InChI is InChI=1S/C14H16ClN3/c1-8-5-12(15)13(6-9(8)2)18-14-16-10(3)7-11(4)17-14/h5-7H,1-4H3,(H,16,17,18). The van der Waals surface area contributed by atoms with Crippen LogP contribution in [-0.2, 0) is 0 Å². The lowest BCUT2D eigenvalue weighted by Gasteiger charge is -2.10. The third kappa shape index (κ3) is 2.79. The third-order valence-corrected chi connectivity index (χ3v) is 3.12. The van der Waals surface area contributed by atoms with Gasteiger partial charge in [-0.15, -0.1) is 0 Å². The van der Waals surface area contributed by atoms with Gasteiger partial charge < -0.3 is 5.32 Å². The van der Waals surface area contributed by atoms with Crippen molar-refractivity contribution in [3.8, 4) is 0 Å². The Labute approximate surface area is 112 Å². The van der Waals surface area contributed by atoms with Gasteiger partial charge in [0.05, 0.1) is 10.7 Å². The first-order chi connectivity index (χ1) is 8.45. The van der Waals surface area contributed by atoms with Gasteiger partial charge in [0.2, 0.25) is 5.95 Å². The fraction of sp³-hybridized carbons (Fsp3) is 0.286. The summed E-state index contributed by atoms with van der Waals surface area (Å²) >= 11 is 6.21. The summed E-state index contributed by atoms with van der Waals surface area (Å²) in [4.78, 5) is 8.68. The van der Waals surface area contributed by atoms with Gasteiger partial charge in [0.15, 0.2) is 0 Å². The molecule has 0 radical (unpaired) electrons. The van der Waals surface area contributed by atoms with Crippen molar-refractivity contribution in [2.24, 2.45) is 0 Å². The zero-order chi connectivity index (χ0) is 13.3. The number of anilines is 2. The second kappa shape index (κ2) is 4.94. The number of hydrogen-bond acceptors (Lipinski definition) is 3. The van der Waals surface area contributed by atoms with Crippen LogP contribution in [0.4, 0.5) is 11.6 Å². The maximum atomic E-state index is 6.21. The second-order valence-corrected chi connectivity index (χ2v) is 4.92. The third-order valence-electron chi connectivity index (χ3n) is 2.81. The molecule has 2 rings (SSSR count). The van der Waals surface area contributed by atoms with Crippen molar-refractivity contribution in [3.05, 3.63) is 45.7 Å². The molecule has 0 amide bonds.